The van der Waals surface area contributed by atoms with Crippen molar-refractivity contribution in [2.75, 3.05) is 39.5 Å². The van der Waals surface area contributed by atoms with Crippen molar-refractivity contribution >= 4 is 5.91 Å². The van der Waals surface area contributed by atoms with Crippen molar-refractivity contribution in [2.45, 2.75) is 57.1 Å². The van der Waals surface area contributed by atoms with Crippen LogP contribution in [0.5, 0.6) is 0 Å². The number of hydrogen-bond donors (Lipinski definition) is 1. The average Bonchev–Trinajstić information content (AvgIpc) is 3.39. The number of ether oxygens (including phenoxy) is 2. The third-order valence-corrected chi connectivity index (χ3v) is 6.21. The first-order chi connectivity index (χ1) is 11.8. The predicted octanol–water partition coefficient (Wildman–Crippen LogP) is 1.81. The molecule has 5 nitrogen and oxygen atoms in total. The van der Waals surface area contributed by atoms with E-state index >= 15 is 0 Å². The molecular weight excluding hydrogens is 304 g/mol. The van der Waals surface area contributed by atoms with Crippen molar-refractivity contribution in [2.24, 2.45) is 17.8 Å². The lowest BCUT2D eigenvalue weighted by atomic mass is 9.84. The zero-order chi connectivity index (χ0) is 16.4. The molecule has 4 rings (SSSR count). The summed E-state index contributed by atoms with van der Waals surface area (Å²) in [5, 5.41) is 3.33. The van der Waals surface area contributed by atoms with Gasteiger partial charge in [-0.1, -0.05) is 0 Å². The molecule has 1 N–H and O–H groups in total. The monoisotopic (exact) mass is 336 g/mol. The second kappa shape index (κ2) is 7.71. The van der Waals surface area contributed by atoms with Crippen LogP contribution in [0, 0.1) is 17.8 Å². The Labute approximate surface area is 145 Å². The fourth-order valence-electron chi connectivity index (χ4n) is 4.71. The zero-order valence-electron chi connectivity index (χ0n) is 14.8. The molecule has 0 unspecified atom stereocenters. The molecule has 4 fully saturated rings. The maximum atomic E-state index is 12.3. The number of carbonyl (C=O) groups excluding carboxylic acids is 1. The minimum Gasteiger partial charge on any atom is -0.381 e. The number of piperidine rings is 1. The minimum absolute atomic E-state index is 0.176. The molecule has 3 heterocycles. The van der Waals surface area contributed by atoms with Gasteiger partial charge in [-0.25, -0.2) is 0 Å². The van der Waals surface area contributed by atoms with Gasteiger partial charge in [0.05, 0.1) is 12.1 Å². The van der Waals surface area contributed by atoms with E-state index in [1.807, 2.05) is 0 Å². The van der Waals surface area contributed by atoms with Crippen LogP contribution in [0.3, 0.4) is 0 Å². The Morgan fingerprint density at radius 2 is 1.83 bits per heavy atom. The van der Waals surface area contributed by atoms with Crippen LogP contribution in [0.15, 0.2) is 0 Å². The Bertz CT molecular complexity index is 432. The number of nitrogens with zero attached hydrogens (tertiary/aromatic N) is 1. The summed E-state index contributed by atoms with van der Waals surface area (Å²) in [5.74, 6) is 2.22. The maximum Gasteiger partial charge on any atom is 0.220 e. The molecule has 136 valence electrons. The number of nitrogens with one attached hydrogen (secondary N) is 1. The highest BCUT2D eigenvalue weighted by atomic mass is 16.5. The molecule has 5 heteroatoms. The van der Waals surface area contributed by atoms with E-state index in [0.717, 1.165) is 51.8 Å². The van der Waals surface area contributed by atoms with Gasteiger partial charge in [0.2, 0.25) is 5.91 Å². The molecule has 0 aromatic carbocycles. The van der Waals surface area contributed by atoms with Crippen molar-refractivity contribution in [3.8, 4) is 0 Å². The van der Waals surface area contributed by atoms with Crippen LogP contribution in [0.1, 0.15) is 44.9 Å². The summed E-state index contributed by atoms with van der Waals surface area (Å²) >= 11 is 0. The third-order valence-electron chi connectivity index (χ3n) is 6.21. The fraction of sp³-hybridized carbons (Fsp3) is 0.947. The first kappa shape index (κ1) is 16.8. The molecule has 0 aromatic heterocycles. The highest BCUT2D eigenvalue weighted by Crippen LogP contribution is 2.33. The van der Waals surface area contributed by atoms with Crippen LogP contribution in [-0.4, -0.2) is 62.4 Å². The largest absolute Gasteiger partial charge is 0.381 e. The lowest BCUT2D eigenvalue weighted by Gasteiger charge is -2.47. The van der Waals surface area contributed by atoms with Crippen LogP contribution in [0.4, 0.5) is 0 Å². The Morgan fingerprint density at radius 3 is 2.62 bits per heavy atom. The van der Waals surface area contributed by atoms with Crippen molar-refractivity contribution in [1.29, 1.82) is 0 Å². The molecule has 0 spiro atoms. The van der Waals surface area contributed by atoms with Gasteiger partial charge in [-0.3, -0.25) is 4.79 Å². The molecule has 0 bridgehead atoms. The Morgan fingerprint density at radius 1 is 1.00 bits per heavy atom. The van der Waals surface area contributed by atoms with E-state index in [4.69, 9.17) is 9.47 Å². The highest BCUT2D eigenvalue weighted by molar-refractivity contribution is 5.76. The van der Waals surface area contributed by atoms with Gasteiger partial charge in [0, 0.05) is 45.9 Å². The standard InChI is InChI=1S/C19H32N2O3/c22-18(10-14-3-4-14)20-17-13-21(11-15-5-8-23-9-6-15)12-16-2-1-7-24-19(16)17/h14-17,19H,1-13H2,(H,20,22)/t16-,17+,19-/m0/s1. The molecule has 1 aliphatic carbocycles. The summed E-state index contributed by atoms with van der Waals surface area (Å²) < 4.78 is 11.6. The Hall–Kier alpha value is -0.650. The normalized spacial score (nSPS) is 35.4. The van der Waals surface area contributed by atoms with Crippen molar-refractivity contribution in [1.82, 2.24) is 10.2 Å². The quantitative estimate of drug-likeness (QED) is 0.832. The SMILES string of the molecule is O=C(CC1CC1)N[C@@H]1CN(CC2CCOCC2)C[C@@H]2CCCO[C@@H]21. The van der Waals surface area contributed by atoms with Gasteiger partial charge >= 0.3 is 0 Å². The van der Waals surface area contributed by atoms with Crippen molar-refractivity contribution in [3.05, 3.63) is 0 Å². The lowest BCUT2D eigenvalue weighted by molar-refractivity contribution is -0.128. The molecule has 3 atom stereocenters. The van der Waals surface area contributed by atoms with E-state index in [-0.39, 0.29) is 18.1 Å². The summed E-state index contributed by atoms with van der Waals surface area (Å²) in [4.78, 5) is 14.9. The van der Waals surface area contributed by atoms with Crippen LogP contribution in [0.2, 0.25) is 0 Å². The number of rotatable bonds is 5. The number of likely N-dealkylation sites (tertiary alicyclic amines) is 1. The number of hydrogen-bond acceptors (Lipinski definition) is 4. The summed E-state index contributed by atoms with van der Waals surface area (Å²) in [6, 6.07) is 0.176. The lowest BCUT2D eigenvalue weighted by Crippen LogP contribution is -2.61. The second-order valence-electron chi connectivity index (χ2n) is 8.33. The van der Waals surface area contributed by atoms with E-state index in [2.05, 4.69) is 10.2 Å². The van der Waals surface area contributed by atoms with E-state index in [1.165, 1.54) is 32.1 Å². The van der Waals surface area contributed by atoms with Gasteiger partial charge < -0.3 is 19.7 Å². The number of amides is 1. The first-order valence-corrected chi connectivity index (χ1v) is 9.99. The average molecular weight is 336 g/mol. The van der Waals surface area contributed by atoms with Gasteiger partial charge in [-0.2, -0.15) is 0 Å². The van der Waals surface area contributed by atoms with Crippen LogP contribution < -0.4 is 5.32 Å². The topological polar surface area (TPSA) is 50.8 Å². The molecule has 4 aliphatic rings. The molecular formula is C19H32N2O3. The van der Waals surface area contributed by atoms with Crippen LogP contribution in [0.25, 0.3) is 0 Å². The molecule has 24 heavy (non-hydrogen) atoms. The van der Waals surface area contributed by atoms with Gasteiger partial charge in [0.1, 0.15) is 0 Å². The van der Waals surface area contributed by atoms with Gasteiger partial charge in [0.25, 0.3) is 0 Å². The Kier molecular flexibility index (Phi) is 5.40. The molecule has 1 amide bonds. The molecule has 0 radical (unpaired) electrons. The van der Waals surface area contributed by atoms with Crippen LogP contribution in [-0.2, 0) is 14.3 Å². The summed E-state index contributed by atoms with van der Waals surface area (Å²) in [5.41, 5.74) is 0. The van der Waals surface area contributed by atoms with Crippen molar-refractivity contribution in [3.63, 3.8) is 0 Å². The smallest absolute Gasteiger partial charge is 0.220 e. The van der Waals surface area contributed by atoms with Gasteiger partial charge in [0.15, 0.2) is 0 Å². The number of fused-ring (bicyclic) bond motifs is 1. The summed E-state index contributed by atoms with van der Waals surface area (Å²) in [7, 11) is 0. The first-order valence-electron chi connectivity index (χ1n) is 9.99. The maximum absolute atomic E-state index is 12.3. The fourth-order valence-corrected chi connectivity index (χ4v) is 4.71. The zero-order valence-corrected chi connectivity index (χ0v) is 14.8. The predicted molar refractivity (Wildman–Crippen MR) is 91.7 cm³/mol. The van der Waals surface area contributed by atoms with Gasteiger partial charge in [-0.05, 0) is 56.3 Å². The van der Waals surface area contributed by atoms with Crippen LogP contribution >= 0.6 is 0 Å². The third kappa shape index (κ3) is 4.30. The number of carbonyl (C=O) groups is 1. The minimum atomic E-state index is 0.176. The molecule has 0 aromatic rings. The Balaban J connectivity index is 1.36. The van der Waals surface area contributed by atoms with Crippen molar-refractivity contribution < 1.29 is 14.3 Å². The highest BCUT2D eigenvalue weighted by Gasteiger charge is 2.40. The van der Waals surface area contributed by atoms with E-state index < -0.39 is 0 Å². The molecule has 1 saturated carbocycles. The van der Waals surface area contributed by atoms with E-state index in [0.29, 0.717) is 18.3 Å². The van der Waals surface area contributed by atoms with Gasteiger partial charge in [-0.15, -0.1) is 0 Å². The second-order valence-corrected chi connectivity index (χ2v) is 8.33. The summed E-state index contributed by atoms with van der Waals surface area (Å²) in [6.45, 7) is 5.92. The van der Waals surface area contributed by atoms with E-state index in [1.54, 1.807) is 0 Å². The van der Waals surface area contributed by atoms with E-state index in [9.17, 15) is 4.79 Å². The molecule has 3 aliphatic heterocycles. The molecule has 3 saturated heterocycles. The summed E-state index contributed by atoms with van der Waals surface area (Å²) in [6.07, 6.45) is 8.17.